The van der Waals surface area contributed by atoms with E-state index in [0.29, 0.717) is 23.7 Å². The van der Waals surface area contributed by atoms with Crippen molar-refractivity contribution < 1.29 is 22.4 Å². The van der Waals surface area contributed by atoms with Crippen molar-refractivity contribution in [3.8, 4) is 5.75 Å². The van der Waals surface area contributed by atoms with E-state index in [1.54, 1.807) is 7.11 Å². The van der Waals surface area contributed by atoms with Crippen molar-refractivity contribution in [3.05, 3.63) is 47.2 Å². The Morgan fingerprint density at radius 1 is 1.42 bits per heavy atom. The molecule has 0 radical (unpaired) electrons. The molecule has 0 spiro atoms. The predicted octanol–water partition coefficient (Wildman–Crippen LogP) is 0.888. The summed E-state index contributed by atoms with van der Waals surface area (Å²) in [5, 5.41) is 2.71. The van der Waals surface area contributed by atoms with Gasteiger partial charge in [0.1, 0.15) is 11.5 Å². The van der Waals surface area contributed by atoms with Crippen molar-refractivity contribution in [2.24, 2.45) is 0 Å². The lowest BCUT2D eigenvalue weighted by atomic mass is 10.2. The van der Waals surface area contributed by atoms with Gasteiger partial charge in [0, 0.05) is 6.54 Å². The number of hydrogen-bond acceptors (Lipinski definition) is 6. The molecular weight excluding hydrogens is 334 g/mol. The standard InChI is InChI=1S/C15H17N3O5S/c1-22-11-5-3-4-10(6-11)7-16-14(19)15-17-12-8-18(24(2,20)21)9-13(12)23-15/h3-6H,7-9H2,1-2H3,(H,16,19). The maximum absolute atomic E-state index is 12.1. The number of hydrogen-bond donors (Lipinski definition) is 1. The number of methoxy groups -OCH3 is 1. The molecule has 1 aliphatic heterocycles. The molecule has 128 valence electrons. The zero-order valence-electron chi connectivity index (χ0n) is 13.3. The highest BCUT2D eigenvalue weighted by Crippen LogP contribution is 2.25. The lowest BCUT2D eigenvalue weighted by Crippen LogP contribution is -2.25. The Bertz CT molecular complexity index is 851. The van der Waals surface area contributed by atoms with Gasteiger partial charge in [0.15, 0.2) is 0 Å². The Kier molecular flexibility index (Phi) is 4.29. The van der Waals surface area contributed by atoms with E-state index >= 15 is 0 Å². The number of sulfonamides is 1. The van der Waals surface area contributed by atoms with E-state index in [1.165, 1.54) is 4.31 Å². The maximum atomic E-state index is 12.1. The third-order valence-corrected chi connectivity index (χ3v) is 4.87. The number of rotatable bonds is 5. The molecule has 1 N–H and O–H groups in total. The van der Waals surface area contributed by atoms with Gasteiger partial charge in [0.2, 0.25) is 10.0 Å². The summed E-state index contributed by atoms with van der Waals surface area (Å²) in [6, 6.07) is 7.33. The van der Waals surface area contributed by atoms with Crippen LogP contribution in [0.25, 0.3) is 0 Å². The average Bonchev–Trinajstić information content (AvgIpc) is 3.11. The van der Waals surface area contributed by atoms with Crippen molar-refractivity contribution in [1.29, 1.82) is 0 Å². The average molecular weight is 351 g/mol. The van der Waals surface area contributed by atoms with Crippen LogP contribution < -0.4 is 10.1 Å². The van der Waals surface area contributed by atoms with E-state index < -0.39 is 15.9 Å². The fourth-order valence-corrected chi connectivity index (χ4v) is 3.09. The zero-order chi connectivity index (χ0) is 17.3. The molecule has 0 saturated carbocycles. The monoisotopic (exact) mass is 351 g/mol. The molecule has 0 bridgehead atoms. The van der Waals surface area contributed by atoms with Crippen LogP contribution >= 0.6 is 0 Å². The first-order valence-corrected chi connectivity index (χ1v) is 9.06. The number of nitrogens with zero attached hydrogens (tertiary/aromatic N) is 2. The van der Waals surface area contributed by atoms with Crippen LogP contribution in [0.4, 0.5) is 0 Å². The highest BCUT2D eigenvalue weighted by Gasteiger charge is 2.32. The summed E-state index contributed by atoms with van der Waals surface area (Å²) in [7, 11) is -1.73. The number of carbonyl (C=O) groups is 1. The molecule has 0 saturated heterocycles. The molecule has 24 heavy (non-hydrogen) atoms. The molecule has 3 rings (SSSR count). The number of aromatic nitrogens is 1. The first-order valence-electron chi connectivity index (χ1n) is 7.21. The number of fused-ring (bicyclic) bond motifs is 1. The molecule has 1 aromatic carbocycles. The molecule has 9 heteroatoms. The maximum Gasteiger partial charge on any atom is 0.307 e. The van der Waals surface area contributed by atoms with Gasteiger partial charge in [-0.1, -0.05) is 12.1 Å². The van der Waals surface area contributed by atoms with Crippen molar-refractivity contribution in [1.82, 2.24) is 14.6 Å². The van der Waals surface area contributed by atoms with Gasteiger partial charge in [-0.3, -0.25) is 4.79 Å². The van der Waals surface area contributed by atoms with E-state index in [2.05, 4.69) is 10.3 Å². The van der Waals surface area contributed by atoms with Crippen LogP contribution in [-0.2, 0) is 29.7 Å². The summed E-state index contributed by atoms with van der Waals surface area (Å²) in [6.07, 6.45) is 1.13. The predicted molar refractivity (Wildman–Crippen MR) is 84.8 cm³/mol. The Hall–Kier alpha value is -2.39. The van der Waals surface area contributed by atoms with Crippen LogP contribution in [0.2, 0.25) is 0 Å². The van der Waals surface area contributed by atoms with Crippen LogP contribution in [0.15, 0.2) is 28.7 Å². The molecular formula is C15H17N3O5S. The smallest absolute Gasteiger partial charge is 0.307 e. The Morgan fingerprint density at radius 2 is 2.21 bits per heavy atom. The minimum atomic E-state index is -3.31. The van der Waals surface area contributed by atoms with E-state index in [-0.39, 0.29) is 19.0 Å². The van der Waals surface area contributed by atoms with Gasteiger partial charge in [0.05, 0.1) is 32.1 Å². The number of carbonyl (C=O) groups excluding carboxylic acids is 1. The van der Waals surface area contributed by atoms with E-state index in [4.69, 9.17) is 9.15 Å². The number of amides is 1. The van der Waals surface area contributed by atoms with Crippen LogP contribution in [0.1, 0.15) is 27.7 Å². The van der Waals surface area contributed by atoms with Crippen LogP contribution in [0.3, 0.4) is 0 Å². The lowest BCUT2D eigenvalue weighted by molar-refractivity contribution is 0.0913. The molecule has 1 aromatic heterocycles. The minimum absolute atomic E-state index is 0.0592. The molecule has 0 atom stereocenters. The van der Waals surface area contributed by atoms with Gasteiger partial charge in [0.25, 0.3) is 5.89 Å². The number of oxazole rings is 1. The highest BCUT2D eigenvalue weighted by atomic mass is 32.2. The van der Waals surface area contributed by atoms with Crippen LogP contribution in [0.5, 0.6) is 5.75 Å². The molecule has 0 aliphatic carbocycles. The zero-order valence-corrected chi connectivity index (χ0v) is 14.1. The van der Waals surface area contributed by atoms with E-state index in [0.717, 1.165) is 11.8 Å². The molecule has 0 fully saturated rings. The normalized spacial score (nSPS) is 14.4. The first-order chi connectivity index (χ1) is 11.4. The van der Waals surface area contributed by atoms with Crippen molar-refractivity contribution >= 4 is 15.9 Å². The van der Waals surface area contributed by atoms with E-state index in [9.17, 15) is 13.2 Å². The van der Waals surface area contributed by atoms with Crippen LogP contribution in [-0.4, -0.2) is 37.0 Å². The Morgan fingerprint density at radius 3 is 2.88 bits per heavy atom. The van der Waals surface area contributed by atoms with Gasteiger partial charge < -0.3 is 14.5 Å². The second kappa shape index (κ2) is 6.25. The van der Waals surface area contributed by atoms with Gasteiger partial charge in [-0.2, -0.15) is 4.31 Å². The Labute approximate surface area is 139 Å². The van der Waals surface area contributed by atoms with Crippen LogP contribution in [0, 0.1) is 0 Å². The number of nitrogens with one attached hydrogen (secondary N) is 1. The second-order valence-electron chi connectivity index (χ2n) is 5.45. The molecule has 8 nitrogen and oxygen atoms in total. The third kappa shape index (κ3) is 3.41. The number of ether oxygens (including phenoxy) is 1. The summed E-state index contributed by atoms with van der Waals surface area (Å²) >= 11 is 0. The minimum Gasteiger partial charge on any atom is -0.497 e. The third-order valence-electron chi connectivity index (χ3n) is 3.67. The topological polar surface area (TPSA) is 102 Å². The quantitative estimate of drug-likeness (QED) is 0.858. The summed E-state index contributed by atoms with van der Waals surface area (Å²) < 4.78 is 34.8. The van der Waals surface area contributed by atoms with Crippen molar-refractivity contribution in [3.63, 3.8) is 0 Å². The van der Waals surface area contributed by atoms with Gasteiger partial charge in [-0.05, 0) is 17.7 Å². The van der Waals surface area contributed by atoms with Gasteiger partial charge in [-0.15, -0.1) is 0 Å². The summed E-state index contributed by atoms with van der Waals surface area (Å²) in [4.78, 5) is 16.2. The largest absolute Gasteiger partial charge is 0.497 e. The molecule has 1 amide bonds. The highest BCUT2D eigenvalue weighted by molar-refractivity contribution is 7.88. The number of benzene rings is 1. The Balaban J connectivity index is 1.63. The summed E-state index contributed by atoms with van der Waals surface area (Å²) in [5.41, 5.74) is 1.36. The van der Waals surface area contributed by atoms with Crippen molar-refractivity contribution in [2.75, 3.05) is 13.4 Å². The molecule has 1 aliphatic rings. The van der Waals surface area contributed by atoms with E-state index in [1.807, 2.05) is 24.3 Å². The fourth-order valence-electron chi connectivity index (χ4n) is 2.39. The van der Waals surface area contributed by atoms with Gasteiger partial charge in [-0.25, -0.2) is 13.4 Å². The fraction of sp³-hybridized carbons (Fsp3) is 0.333. The second-order valence-corrected chi connectivity index (χ2v) is 7.44. The molecule has 2 heterocycles. The first kappa shape index (κ1) is 16.5. The molecule has 0 unspecified atom stereocenters. The van der Waals surface area contributed by atoms with Gasteiger partial charge >= 0.3 is 5.91 Å². The lowest BCUT2D eigenvalue weighted by Gasteiger charge is -2.10. The molecule has 2 aromatic rings. The summed E-state index contributed by atoms with van der Waals surface area (Å²) in [5.74, 6) is 0.610. The SMILES string of the molecule is COc1cccc(CNC(=O)c2nc3c(o2)CN(S(C)(=O)=O)C3)c1. The summed E-state index contributed by atoms with van der Waals surface area (Å²) in [6.45, 7) is 0.531. The van der Waals surface area contributed by atoms with Crippen molar-refractivity contribution in [2.45, 2.75) is 19.6 Å².